The summed E-state index contributed by atoms with van der Waals surface area (Å²) in [4.78, 5) is 12.5. The van der Waals surface area contributed by atoms with Crippen LogP contribution in [0, 0.1) is 6.92 Å². The Morgan fingerprint density at radius 1 is 1.29 bits per heavy atom. The van der Waals surface area contributed by atoms with Crippen LogP contribution in [0.5, 0.6) is 0 Å². The zero-order valence-electron chi connectivity index (χ0n) is 12.6. The summed E-state index contributed by atoms with van der Waals surface area (Å²) in [6.45, 7) is 2.73. The van der Waals surface area contributed by atoms with Gasteiger partial charge in [-0.15, -0.1) is 0 Å². The third-order valence-corrected chi connectivity index (χ3v) is 4.71. The molecule has 8 heteroatoms. The highest BCUT2D eigenvalue weighted by molar-refractivity contribution is 7.89. The van der Waals surface area contributed by atoms with Crippen LogP contribution in [0.4, 0.5) is 0 Å². The van der Waals surface area contributed by atoms with Crippen molar-refractivity contribution in [2.75, 3.05) is 32.9 Å². The summed E-state index contributed by atoms with van der Waals surface area (Å²) in [7, 11) is 0.0564. The smallest absolute Gasteiger partial charge is 0.304 e. The van der Waals surface area contributed by atoms with E-state index < -0.39 is 28.2 Å². The molecule has 1 rings (SSSR count). The second-order valence-electron chi connectivity index (χ2n) is 5.11. The molecule has 0 saturated carbocycles. The van der Waals surface area contributed by atoms with Crippen molar-refractivity contribution in [2.24, 2.45) is 0 Å². The average molecular weight is 318 g/mol. The number of sulfonamides is 1. The lowest BCUT2D eigenvalue weighted by atomic mass is 10.4. The highest BCUT2D eigenvalue weighted by atomic mass is 32.2. The topological polar surface area (TPSA) is 91.1 Å². The Bertz CT molecular complexity index is 565. The van der Waals surface area contributed by atoms with Crippen molar-refractivity contribution < 1.29 is 22.7 Å². The van der Waals surface area contributed by atoms with Crippen molar-refractivity contribution in [3.63, 3.8) is 0 Å². The predicted molar refractivity (Wildman–Crippen MR) is 78.4 cm³/mol. The number of aryl methyl sites for hydroxylation is 1. The molecular formula is C13H22N2O5S. The van der Waals surface area contributed by atoms with Gasteiger partial charge in [0, 0.05) is 13.1 Å². The van der Waals surface area contributed by atoms with Gasteiger partial charge >= 0.3 is 5.97 Å². The van der Waals surface area contributed by atoms with Crippen LogP contribution in [0.2, 0.25) is 0 Å². The summed E-state index contributed by atoms with van der Waals surface area (Å²) in [6, 6.07) is 3.49. The fourth-order valence-corrected chi connectivity index (χ4v) is 3.09. The Balaban J connectivity index is 2.82. The molecule has 0 atom stereocenters. The molecule has 0 saturated heterocycles. The molecule has 0 bridgehead atoms. The quantitative estimate of drug-likeness (QED) is 0.723. The number of hydrogen-bond acceptors (Lipinski definition) is 5. The van der Waals surface area contributed by atoms with Gasteiger partial charge in [0.25, 0.3) is 0 Å². The van der Waals surface area contributed by atoms with Gasteiger partial charge in [0.1, 0.15) is 11.5 Å². The Morgan fingerprint density at radius 2 is 1.95 bits per heavy atom. The number of nitrogens with zero attached hydrogens (tertiary/aromatic N) is 2. The van der Waals surface area contributed by atoms with Gasteiger partial charge in [-0.3, -0.25) is 4.79 Å². The van der Waals surface area contributed by atoms with E-state index in [0.717, 1.165) is 0 Å². The van der Waals surface area contributed by atoms with Gasteiger partial charge in [-0.25, -0.2) is 8.42 Å². The van der Waals surface area contributed by atoms with E-state index in [0.29, 0.717) is 18.1 Å². The second-order valence-corrected chi connectivity index (χ2v) is 7.20. The van der Waals surface area contributed by atoms with Crippen LogP contribution in [-0.2, 0) is 21.4 Å². The molecule has 0 aliphatic carbocycles. The van der Waals surface area contributed by atoms with Crippen LogP contribution in [0.15, 0.2) is 16.5 Å². The molecule has 0 amide bonds. The number of carbonyl (C=O) groups is 1. The fourth-order valence-electron chi connectivity index (χ4n) is 1.72. The molecule has 7 nitrogen and oxygen atoms in total. The molecule has 0 fully saturated rings. The van der Waals surface area contributed by atoms with E-state index in [4.69, 9.17) is 9.52 Å². The highest BCUT2D eigenvalue weighted by Gasteiger charge is 2.24. The van der Waals surface area contributed by atoms with Crippen LogP contribution in [0.1, 0.15) is 17.9 Å². The molecule has 1 aromatic rings. The SMILES string of the molecule is Cc1ccc(CN(CCN(C)C)S(=O)(=O)CCC(=O)O)o1. The molecule has 0 aliphatic rings. The minimum atomic E-state index is -3.64. The summed E-state index contributed by atoms with van der Waals surface area (Å²) in [5.74, 6) is -0.277. The molecule has 21 heavy (non-hydrogen) atoms. The number of hydrogen-bond donors (Lipinski definition) is 1. The third kappa shape index (κ3) is 6.28. The molecule has 0 aliphatic heterocycles. The van der Waals surface area contributed by atoms with E-state index in [1.807, 2.05) is 19.0 Å². The van der Waals surface area contributed by atoms with Crippen LogP contribution >= 0.6 is 0 Å². The maximum Gasteiger partial charge on any atom is 0.304 e. The van der Waals surface area contributed by atoms with Crippen molar-refractivity contribution in [3.8, 4) is 0 Å². The minimum absolute atomic E-state index is 0.115. The molecule has 120 valence electrons. The number of furan rings is 1. The van der Waals surface area contributed by atoms with E-state index in [9.17, 15) is 13.2 Å². The molecule has 0 spiro atoms. The Morgan fingerprint density at radius 3 is 2.43 bits per heavy atom. The number of carboxylic acids is 1. The lowest BCUT2D eigenvalue weighted by Crippen LogP contribution is -2.37. The van der Waals surface area contributed by atoms with E-state index in [1.165, 1.54) is 4.31 Å². The van der Waals surface area contributed by atoms with Crippen LogP contribution in [0.3, 0.4) is 0 Å². The number of rotatable bonds is 9. The Kier molecular flexibility index (Phi) is 6.38. The van der Waals surface area contributed by atoms with Crippen molar-refractivity contribution in [1.82, 2.24) is 9.21 Å². The monoisotopic (exact) mass is 318 g/mol. The number of likely N-dealkylation sites (N-methyl/N-ethyl adjacent to an activating group) is 1. The first-order valence-corrected chi connectivity index (χ1v) is 8.21. The van der Waals surface area contributed by atoms with E-state index in [-0.39, 0.29) is 13.1 Å². The molecule has 0 radical (unpaired) electrons. The maximum absolute atomic E-state index is 12.3. The van der Waals surface area contributed by atoms with Gasteiger partial charge in [-0.2, -0.15) is 4.31 Å². The van der Waals surface area contributed by atoms with E-state index >= 15 is 0 Å². The molecule has 1 heterocycles. The first-order chi connectivity index (χ1) is 9.70. The minimum Gasteiger partial charge on any atom is -0.481 e. The van der Waals surface area contributed by atoms with Gasteiger partial charge in [0.15, 0.2) is 0 Å². The number of carboxylic acid groups (broad SMARTS) is 1. The van der Waals surface area contributed by atoms with Gasteiger partial charge < -0.3 is 14.4 Å². The lowest BCUT2D eigenvalue weighted by Gasteiger charge is -2.22. The highest BCUT2D eigenvalue weighted by Crippen LogP contribution is 2.13. The molecule has 0 unspecified atom stereocenters. The maximum atomic E-state index is 12.3. The molecule has 1 N–H and O–H groups in total. The average Bonchev–Trinajstić information content (AvgIpc) is 2.77. The normalized spacial score (nSPS) is 12.2. The first kappa shape index (κ1) is 17.7. The first-order valence-electron chi connectivity index (χ1n) is 6.60. The molecule has 1 aromatic heterocycles. The Labute approximate surface area is 125 Å². The van der Waals surface area contributed by atoms with Gasteiger partial charge in [-0.05, 0) is 33.2 Å². The van der Waals surface area contributed by atoms with Gasteiger partial charge in [-0.1, -0.05) is 0 Å². The summed E-state index contributed by atoms with van der Waals surface area (Å²) >= 11 is 0. The summed E-state index contributed by atoms with van der Waals surface area (Å²) in [5.41, 5.74) is 0. The zero-order valence-corrected chi connectivity index (χ0v) is 13.4. The standard InChI is InChI=1S/C13H22N2O5S/c1-11-4-5-12(20-11)10-15(8-7-14(2)3)21(18,19)9-6-13(16)17/h4-5H,6-10H2,1-3H3,(H,16,17). The lowest BCUT2D eigenvalue weighted by molar-refractivity contribution is -0.136. The Hall–Kier alpha value is -1.38. The van der Waals surface area contributed by atoms with Crippen LogP contribution in [-0.4, -0.2) is 61.6 Å². The van der Waals surface area contributed by atoms with Gasteiger partial charge in [0.2, 0.25) is 10.0 Å². The number of aliphatic carboxylic acids is 1. The van der Waals surface area contributed by atoms with E-state index in [2.05, 4.69) is 0 Å². The summed E-state index contributed by atoms with van der Waals surface area (Å²) in [5, 5.41) is 8.66. The predicted octanol–water partition coefficient (Wildman–Crippen LogP) is 0.756. The van der Waals surface area contributed by atoms with Crippen molar-refractivity contribution in [3.05, 3.63) is 23.7 Å². The van der Waals surface area contributed by atoms with Crippen LogP contribution < -0.4 is 0 Å². The largest absolute Gasteiger partial charge is 0.481 e. The van der Waals surface area contributed by atoms with Gasteiger partial charge in [0.05, 0.1) is 18.7 Å². The zero-order chi connectivity index (χ0) is 16.0. The summed E-state index contributed by atoms with van der Waals surface area (Å²) in [6.07, 6.45) is -0.405. The second kappa shape index (κ2) is 7.58. The van der Waals surface area contributed by atoms with E-state index in [1.54, 1.807) is 19.1 Å². The summed E-state index contributed by atoms with van der Waals surface area (Å²) < 4.78 is 31.2. The van der Waals surface area contributed by atoms with Crippen LogP contribution in [0.25, 0.3) is 0 Å². The molecule has 0 aromatic carbocycles. The third-order valence-electron chi connectivity index (χ3n) is 2.89. The van der Waals surface area contributed by atoms with Crippen molar-refractivity contribution in [1.29, 1.82) is 0 Å². The molecular weight excluding hydrogens is 296 g/mol. The fraction of sp³-hybridized carbons (Fsp3) is 0.615. The van der Waals surface area contributed by atoms with Crippen molar-refractivity contribution in [2.45, 2.75) is 19.9 Å². The van der Waals surface area contributed by atoms with Crippen molar-refractivity contribution >= 4 is 16.0 Å².